The van der Waals surface area contributed by atoms with Gasteiger partial charge >= 0.3 is 0 Å². The van der Waals surface area contributed by atoms with Gasteiger partial charge in [0.15, 0.2) is 0 Å². The molecule has 0 saturated heterocycles. The van der Waals surface area contributed by atoms with Gasteiger partial charge in [0.1, 0.15) is 0 Å². The molecule has 3 rings (SSSR count). The molecule has 0 aliphatic carbocycles. The minimum absolute atomic E-state index is 0.251. The second kappa shape index (κ2) is 6.00. The summed E-state index contributed by atoms with van der Waals surface area (Å²) < 4.78 is 5.54. The van der Waals surface area contributed by atoms with Crippen LogP contribution in [0.4, 0.5) is 0 Å². The van der Waals surface area contributed by atoms with E-state index in [9.17, 15) is 0 Å². The quantitative estimate of drug-likeness (QED) is 0.913. The molecule has 21 heavy (non-hydrogen) atoms. The van der Waals surface area contributed by atoms with Crippen molar-refractivity contribution in [1.29, 1.82) is 0 Å². The molecule has 1 N–H and O–H groups in total. The Bertz CT molecular complexity index is 648. The van der Waals surface area contributed by atoms with Gasteiger partial charge < -0.3 is 10.1 Å². The second-order valence-electron chi connectivity index (χ2n) is 5.87. The first-order chi connectivity index (χ1) is 10.2. The molecular formula is C19H23NO. The summed E-state index contributed by atoms with van der Waals surface area (Å²) in [7, 11) is 0. The third-order valence-corrected chi connectivity index (χ3v) is 4.23. The van der Waals surface area contributed by atoms with Crippen molar-refractivity contribution in [3.63, 3.8) is 0 Å². The summed E-state index contributed by atoms with van der Waals surface area (Å²) >= 11 is 0. The van der Waals surface area contributed by atoms with Gasteiger partial charge in [0.05, 0.1) is 19.3 Å². The molecule has 110 valence electrons. The van der Waals surface area contributed by atoms with Crippen LogP contribution in [0.2, 0.25) is 0 Å². The molecule has 0 fully saturated rings. The number of ether oxygens (including phenoxy) is 1. The van der Waals surface area contributed by atoms with E-state index in [2.05, 4.69) is 62.5 Å². The number of benzene rings is 2. The largest absolute Gasteiger partial charge is 0.372 e. The van der Waals surface area contributed by atoms with Gasteiger partial charge in [-0.25, -0.2) is 0 Å². The third kappa shape index (κ3) is 2.87. The fourth-order valence-corrected chi connectivity index (χ4v) is 3.05. The average Bonchev–Trinajstić information content (AvgIpc) is 2.95. The molecule has 1 aliphatic rings. The Hall–Kier alpha value is -1.64. The predicted molar refractivity (Wildman–Crippen MR) is 86.4 cm³/mol. The van der Waals surface area contributed by atoms with E-state index in [0.29, 0.717) is 0 Å². The standard InChI is InChI=1S/C19H23NO/c1-4-20-19(18-9-13(2)5-6-14(18)3)15-7-8-16-11-21-12-17(16)10-15/h5-10,19-20H,4,11-12H2,1-3H3. The first-order valence-electron chi connectivity index (χ1n) is 7.69. The fourth-order valence-electron chi connectivity index (χ4n) is 3.05. The first kappa shape index (κ1) is 14.3. The summed E-state index contributed by atoms with van der Waals surface area (Å²) in [5, 5.41) is 3.63. The molecule has 0 bridgehead atoms. The van der Waals surface area contributed by atoms with Crippen molar-refractivity contribution >= 4 is 0 Å². The van der Waals surface area contributed by atoms with Crippen LogP contribution in [0.5, 0.6) is 0 Å². The van der Waals surface area contributed by atoms with E-state index in [1.165, 1.54) is 33.4 Å². The van der Waals surface area contributed by atoms with Crippen molar-refractivity contribution in [3.05, 3.63) is 69.8 Å². The highest BCUT2D eigenvalue weighted by Gasteiger charge is 2.18. The van der Waals surface area contributed by atoms with Crippen LogP contribution < -0.4 is 5.32 Å². The molecule has 2 aromatic carbocycles. The minimum Gasteiger partial charge on any atom is -0.372 e. The topological polar surface area (TPSA) is 21.3 Å². The van der Waals surface area contributed by atoms with E-state index in [1.807, 2.05) is 0 Å². The van der Waals surface area contributed by atoms with Gasteiger partial charge in [-0.15, -0.1) is 0 Å². The van der Waals surface area contributed by atoms with Gasteiger partial charge in [0, 0.05) is 0 Å². The molecule has 0 saturated carbocycles. The molecule has 2 aromatic rings. The maximum Gasteiger partial charge on any atom is 0.0725 e. The van der Waals surface area contributed by atoms with Crippen molar-refractivity contribution in [3.8, 4) is 0 Å². The van der Waals surface area contributed by atoms with Gasteiger partial charge in [-0.05, 0) is 48.2 Å². The number of nitrogens with one attached hydrogen (secondary N) is 1. The maximum atomic E-state index is 5.54. The van der Waals surface area contributed by atoms with Crippen LogP contribution in [0.1, 0.15) is 46.3 Å². The first-order valence-corrected chi connectivity index (χ1v) is 7.69. The molecule has 0 aromatic heterocycles. The third-order valence-electron chi connectivity index (χ3n) is 4.23. The van der Waals surface area contributed by atoms with E-state index in [4.69, 9.17) is 4.74 Å². The molecule has 0 spiro atoms. The SMILES string of the molecule is CCNC(c1ccc2c(c1)COC2)c1cc(C)ccc1C. The van der Waals surface area contributed by atoms with Crippen molar-refractivity contribution in [2.75, 3.05) is 6.54 Å². The maximum absolute atomic E-state index is 5.54. The zero-order chi connectivity index (χ0) is 14.8. The highest BCUT2D eigenvalue weighted by molar-refractivity contribution is 5.42. The average molecular weight is 281 g/mol. The zero-order valence-corrected chi connectivity index (χ0v) is 13.1. The summed E-state index contributed by atoms with van der Waals surface area (Å²) in [5.41, 5.74) is 8.01. The predicted octanol–water partition coefficient (Wildman–Crippen LogP) is 4.03. The molecule has 2 nitrogen and oxygen atoms in total. The molecule has 1 unspecified atom stereocenters. The lowest BCUT2D eigenvalue weighted by Crippen LogP contribution is -2.23. The monoisotopic (exact) mass is 281 g/mol. The Kier molecular flexibility index (Phi) is 4.09. The van der Waals surface area contributed by atoms with Crippen LogP contribution in [-0.2, 0) is 18.0 Å². The lowest BCUT2D eigenvalue weighted by atomic mass is 9.92. The number of rotatable bonds is 4. The lowest BCUT2D eigenvalue weighted by Gasteiger charge is -2.22. The van der Waals surface area contributed by atoms with Gasteiger partial charge in [0.25, 0.3) is 0 Å². The number of fused-ring (bicyclic) bond motifs is 1. The Morgan fingerprint density at radius 2 is 1.86 bits per heavy atom. The highest BCUT2D eigenvalue weighted by Crippen LogP contribution is 2.29. The van der Waals surface area contributed by atoms with Crippen molar-refractivity contribution < 1.29 is 4.74 Å². The fraction of sp³-hybridized carbons (Fsp3) is 0.368. The van der Waals surface area contributed by atoms with E-state index >= 15 is 0 Å². The van der Waals surface area contributed by atoms with Gasteiger partial charge in [0.2, 0.25) is 0 Å². The molecule has 0 amide bonds. The molecule has 1 heterocycles. The van der Waals surface area contributed by atoms with Gasteiger partial charge in [-0.1, -0.05) is 48.9 Å². The van der Waals surface area contributed by atoms with Crippen molar-refractivity contribution in [1.82, 2.24) is 5.32 Å². The summed E-state index contributed by atoms with van der Waals surface area (Å²) in [5.74, 6) is 0. The molecule has 1 atom stereocenters. The van der Waals surface area contributed by atoms with Crippen molar-refractivity contribution in [2.24, 2.45) is 0 Å². The molecule has 2 heteroatoms. The normalized spacial score (nSPS) is 15.0. The number of aryl methyl sites for hydroxylation is 2. The van der Waals surface area contributed by atoms with E-state index in [-0.39, 0.29) is 6.04 Å². The Morgan fingerprint density at radius 3 is 2.67 bits per heavy atom. The summed E-state index contributed by atoms with van der Waals surface area (Å²) in [6.45, 7) is 8.96. The number of hydrogen-bond donors (Lipinski definition) is 1. The Morgan fingerprint density at radius 1 is 1.05 bits per heavy atom. The Labute approximate surface area is 127 Å². The molecular weight excluding hydrogens is 258 g/mol. The highest BCUT2D eigenvalue weighted by atomic mass is 16.5. The van der Waals surface area contributed by atoms with Crippen LogP contribution in [0.25, 0.3) is 0 Å². The second-order valence-corrected chi connectivity index (χ2v) is 5.87. The Balaban J connectivity index is 2.03. The smallest absolute Gasteiger partial charge is 0.0725 e. The van der Waals surface area contributed by atoms with Crippen LogP contribution >= 0.6 is 0 Å². The van der Waals surface area contributed by atoms with Gasteiger partial charge in [-0.2, -0.15) is 0 Å². The molecule has 0 radical (unpaired) electrons. The van der Waals surface area contributed by atoms with Crippen molar-refractivity contribution in [2.45, 2.75) is 40.0 Å². The van der Waals surface area contributed by atoms with E-state index < -0.39 is 0 Å². The number of hydrogen-bond acceptors (Lipinski definition) is 2. The van der Waals surface area contributed by atoms with Crippen LogP contribution in [-0.4, -0.2) is 6.54 Å². The van der Waals surface area contributed by atoms with Gasteiger partial charge in [-0.3, -0.25) is 0 Å². The van der Waals surface area contributed by atoms with Crippen LogP contribution in [0, 0.1) is 13.8 Å². The summed E-state index contributed by atoms with van der Waals surface area (Å²) in [6.07, 6.45) is 0. The van der Waals surface area contributed by atoms with E-state index in [0.717, 1.165) is 19.8 Å². The minimum atomic E-state index is 0.251. The lowest BCUT2D eigenvalue weighted by molar-refractivity contribution is 0.134. The zero-order valence-electron chi connectivity index (χ0n) is 13.1. The van der Waals surface area contributed by atoms with Crippen LogP contribution in [0.3, 0.4) is 0 Å². The van der Waals surface area contributed by atoms with E-state index in [1.54, 1.807) is 0 Å². The van der Waals surface area contributed by atoms with Crippen LogP contribution in [0.15, 0.2) is 36.4 Å². The summed E-state index contributed by atoms with van der Waals surface area (Å²) in [6, 6.07) is 13.7. The molecule has 1 aliphatic heterocycles. The summed E-state index contributed by atoms with van der Waals surface area (Å²) in [4.78, 5) is 0.